The molecule has 2 aromatic heterocycles. The van der Waals surface area contributed by atoms with E-state index in [4.69, 9.17) is 18.6 Å². The van der Waals surface area contributed by atoms with Gasteiger partial charge in [-0.3, -0.25) is 9.78 Å². The van der Waals surface area contributed by atoms with E-state index in [0.29, 0.717) is 29.2 Å². The molecule has 0 saturated heterocycles. The van der Waals surface area contributed by atoms with Crippen LogP contribution in [0.4, 0.5) is 13.2 Å². The van der Waals surface area contributed by atoms with E-state index in [1.807, 2.05) is 13.8 Å². The molecule has 218 valence electrons. The molecule has 0 radical (unpaired) electrons. The van der Waals surface area contributed by atoms with Gasteiger partial charge in [0.05, 0.1) is 49.3 Å². The highest BCUT2D eigenvalue weighted by Crippen LogP contribution is 2.38. The number of halogens is 3. The lowest BCUT2D eigenvalue weighted by molar-refractivity contribution is -0.156. The van der Waals surface area contributed by atoms with E-state index < -0.39 is 16.5 Å². The zero-order valence-corrected chi connectivity index (χ0v) is 23.8. The highest BCUT2D eigenvalue weighted by atomic mass is 32.2. The number of hydrogen-bond acceptors (Lipinski definition) is 8. The first kappa shape index (κ1) is 31.6. The summed E-state index contributed by atoms with van der Waals surface area (Å²) in [5.74, 6) is 0.289. The third kappa shape index (κ3) is 9.94. The van der Waals surface area contributed by atoms with Crippen molar-refractivity contribution in [2.24, 2.45) is 11.3 Å². The molecule has 0 spiro atoms. The molecule has 0 aliphatic rings. The Morgan fingerprint density at radius 3 is 2.50 bits per heavy atom. The minimum Gasteiger partial charge on any atom is -0.463 e. The van der Waals surface area contributed by atoms with Gasteiger partial charge in [-0.1, -0.05) is 26.0 Å². The molecule has 40 heavy (non-hydrogen) atoms. The molecule has 0 unspecified atom stereocenters. The summed E-state index contributed by atoms with van der Waals surface area (Å²) in [5, 5.41) is 0.562. The molecule has 0 atom stereocenters. The summed E-state index contributed by atoms with van der Waals surface area (Å²) in [4.78, 5) is 29.0. The second-order valence-corrected chi connectivity index (χ2v) is 11.5. The van der Waals surface area contributed by atoms with Crippen LogP contribution in [0, 0.1) is 11.3 Å². The quantitative estimate of drug-likeness (QED) is 0.114. The summed E-state index contributed by atoms with van der Waals surface area (Å²) in [6.07, 6.45) is 3.13. The van der Waals surface area contributed by atoms with Gasteiger partial charge in [-0.05, 0) is 74.2 Å². The predicted octanol–water partition coefficient (Wildman–Crippen LogP) is 7.01. The molecule has 0 aliphatic heterocycles. The highest BCUT2D eigenvalue weighted by Gasteiger charge is 2.30. The van der Waals surface area contributed by atoms with Crippen molar-refractivity contribution >= 4 is 28.7 Å². The Labute approximate surface area is 235 Å². The number of alkyl halides is 3. The molecule has 11 heteroatoms. The van der Waals surface area contributed by atoms with Crippen molar-refractivity contribution in [2.45, 2.75) is 57.5 Å². The minimum atomic E-state index is -4.44. The number of esters is 1. The minimum absolute atomic E-state index is 0.0285. The van der Waals surface area contributed by atoms with Crippen molar-refractivity contribution in [3.8, 4) is 11.1 Å². The van der Waals surface area contributed by atoms with Gasteiger partial charge in [0.15, 0.2) is 5.58 Å². The van der Waals surface area contributed by atoms with Crippen LogP contribution in [0.3, 0.4) is 0 Å². The monoisotopic (exact) mass is 581 g/mol. The Morgan fingerprint density at radius 2 is 1.77 bits per heavy atom. The van der Waals surface area contributed by atoms with E-state index in [-0.39, 0.29) is 60.2 Å². The van der Waals surface area contributed by atoms with Crippen LogP contribution in [0.25, 0.3) is 22.1 Å². The zero-order valence-electron chi connectivity index (χ0n) is 23.0. The number of carbonyl (C=O) groups excluding carboxylic acids is 1. The number of thioether (sulfide) groups is 1. The number of nitrogens with zero attached hydrogens (tertiary/aromatic N) is 1. The lowest BCUT2D eigenvalue weighted by Crippen LogP contribution is -2.28. The van der Waals surface area contributed by atoms with Crippen LogP contribution in [0.2, 0.25) is 0 Å². The Bertz CT molecular complexity index is 1340. The molecule has 1 aromatic carbocycles. The number of ether oxygens (including phenoxy) is 3. The van der Waals surface area contributed by atoms with Crippen LogP contribution < -0.4 is 5.63 Å². The van der Waals surface area contributed by atoms with Gasteiger partial charge < -0.3 is 18.6 Å². The Kier molecular flexibility index (Phi) is 11.2. The first-order valence-electron chi connectivity index (χ1n) is 13.0. The van der Waals surface area contributed by atoms with Crippen molar-refractivity contribution < 1.29 is 36.6 Å². The second kappa shape index (κ2) is 14.1. The van der Waals surface area contributed by atoms with Crippen LogP contribution in [0.15, 0.2) is 56.7 Å². The van der Waals surface area contributed by atoms with Gasteiger partial charge in [-0.25, -0.2) is 4.79 Å². The highest BCUT2D eigenvalue weighted by molar-refractivity contribution is 8.00. The van der Waals surface area contributed by atoms with E-state index >= 15 is 0 Å². The maximum Gasteiger partial charge on any atom is 0.446 e. The Balaban J connectivity index is 1.48. The molecule has 2 heterocycles. The van der Waals surface area contributed by atoms with Crippen molar-refractivity contribution in [1.82, 2.24) is 4.98 Å². The molecular weight excluding hydrogens is 547 g/mol. The Morgan fingerprint density at radius 1 is 1.05 bits per heavy atom. The summed E-state index contributed by atoms with van der Waals surface area (Å²) in [6, 6.07) is 8.90. The normalized spacial score (nSPS) is 12.3. The fourth-order valence-electron chi connectivity index (χ4n) is 3.75. The number of carbonyl (C=O) groups is 1. The molecule has 0 fully saturated rings. The third-order valence-corrected chi connectivity index (χ3v) is 6.76. The zero-order chi connectivity index (χ0) is 29.3. The molecule has 3 rings (SSSR count). The molecular formula is C29H34F3NO6S. The number of pyridine rings is 1. The van der Waals surface area contributed by atoms with Crippen LogP contribution in [0.1, 0.15) is 46.2 Å². The lowest BCUT2D eigenvalue weighted by atomic mass is 9.85. The van der Waals surface area contributed by atoms with Gasteiger partial charge in [0.2, 0.25) is 0 Å². The van der Waals surface area contributed by atoms with Gasteiger partial charge in [0, 0.05) is 10.3 Å². The molecule has 0 saturated carbocycles. The van der Waals surface area contributed by atoms with Gasteiger partial charge in [0.25, 0.3) is 0 Å². The average Bonchev–Trinajstić information content (AvgIpc) is 2.87. The maximum atomic E-state index is 12.8. The van der Waals surface area contributed by atoms with E-state index in [1.54, 1.807) is 18.2 Å². The van der Waals surface area contributed by atoms with Crippen LogP contribution >= 0.6 is 11.8 Å². The maximum absolute atomic E-state index is 12.8. The summed E-state index contributed by atoms with van der Waals surface area (Å²) in [7, 11) is 0. The fraction of sp³-hybridized carbons (Fsp3) is 0.483. The molecule has 0 amide bonds. The lowest BCUT2D eigenvalue weighted by Gasteiger charge is -2.23. The third-order valence-electron chi connectivity index (χ3n) is 6.04. The van der Waals surface area contributed by atoms with Crippen LogP contribution in [-0.4, -0.2) is 42.9 Å². The van der Waals surface area contributed by atoms with Crippen LogP contribution in [0.5, 0.6) is 0 Å². The molecule has 3 aromatic rings. The van der Waals surface area contributed by atoms with Crippen LogP contribution in [-0.2, 0) is 25.6 Å². The summed E-state index contributed by atoms with van der Waals surface area (Å²) >= 11 is -0.248. The van der Waals surface area contributed by atoms with Gasteiger partial charge >= 0.3 is 17.1 Å². The van der Waals surface area contributed by atoms with Gasteiger partial charge in [-0.15, -0.1) is 0 Å². The number of fused-ring (bicyclic) bond motifs is 1. The predicted molar refractivity (Wildman–Crippen MR) is 147 cm³/mol. The SMILES string of the molecule is CC(C)CCC(C)(C)C(=O)OCCOCCOCc1cc2cc(-c3cccc(SC(F)(F)F)c3)c(=O)oc2cn1. The second-order valence-electron chi connectivity index (χ2n) is 10.4. The van der Waals surface area contributed by atoms with Crippen molar-refractivity contribution in [3.05, 3.63) is 58.7 Å². The molecule has 7 nitrogen and oxygen atoms in total. The van der Waals surface area contributed by atoms with Crippen molar-refractivity contribution in [2.75, 3.05) is 26.4 Å². The van der Waals surface area contributed by atoms with E-state index in [2.05, 4.69) is 18.8 Å². The summed E-state index contributed by atoms with van der Waals surface area (Å²) in [6.45, 7) is 9.19. The van der Waals surface area contributed by atoms with E-state index in [1.165, 1.54) is 24.4 Å². The largest absolute Gasteiger partial charge is 0.463 e. The van der Waals surface area contributed by atoms with Crippen molar-refractivity contribution in [3.63, 3.8) is 0 Å². The fourth-order valence-corrected chi connectivity index (χ4v) is 4.35. The first-order chi connectivity index (χ1) is 18.8. The van der Waals surface area contributed by atoms with E-state index in [0.717, 1.165) is 12.8 Å². The summed E-state index contributed by atoms with van der Waals surface area (Å²) in [5.41, 5.74) is -4.34. The van der Waals surface area contributed by atoms with Crippen molar-refractivity contribution in [1.29, 1.82) is 0 Å². The Hall–Kier alpha value is -2.89. The molecule has 0 bridgehead atoms. The first-order valence-corrected chi connectivity index (χ1v) is 13.8. The molecule has 0 N–H and O–H groups in total. The summed E-state index contributed by atoms with van der Waals surface area (Å²) < 4.78 is 60.1. The van der Waals surface area contributed by atoms with Gasteiger partial charge in [0.1, 0.15) is 6.61 Å². The number of aromatic nitrogens is 1. The number of hydrogen-bond donors (Lipinski definition) is 0. The molecule has 0 aliphatic carbocycles. The average molecular weight is 582 g/mol. The standard InChI is InChI=1S/C29H34F3NO6S/c1-19(2)8-9-28(3,4)27(35)38-13-12-36-10-11-37-18-22-14-21-16-24(26(34)39-25(21)17-33-22)20-6-5-7-23(15-20)40-29(30,31)32/h5-7,14-17,19H,8-13,18H2,1-4H3. The topological polar surface area (TPSA) is 87.9 Å². The van der Waals surface area contributed by atoms with Gasteiger partial charge in [-0.2, -0.15) is 13.2 Å². The number of rotatable bonds is 14. The van der Waals surface area contributed by atoms with E-state index in [9.17, 15) is 22.8 Å². The number of benzene rings is 1. The smallest absolute Gasteiger partial charge is 0.446 e.